The summed E-state index contributed by atoms with van der Waals surface area (Å²) in [6, 6.07) is 14.9. The van der Waals surface area contributed by atoms with Gasteiger partial charge in [0.15, 0.2) is 5.78 Å². The van der Waals surface area contributed by atoms with Crippen LogP contribution in [0.3, 0.4) is 0 Å². The standard InChI is InChI=1S/C16H13ClO/c1-12-4-2-5-13(10-12)8-9-16(18)14-6-3-7-15(17)11-14/h2-11H,1H3/b9-8+. The average molecular weight is 257 g/mol. The van der Waals surface area contributed by atoms with Crippen LogP contribution in [-0.4, -0.2) is 5.78 Å². The summed E-state index contributed by atoms with van der Waals surface area (Å²) in [6.07, 6.45) is 3.39. The van der Waals surface area contributed by atoms with Crippen molar-refractivity contribution >= 4 is 23.5 Å². The Hall–Kier alpha value is -1.86. The molecule has 0 saturated carbocycles. The monoisotopic (exact) mass is 256 g/mol. The van der Waals surface area contributed by atoms with Gasteiger partial charge in [-0.2, -0.15) is 0 Å². The highest BCUT2D eigenvalue weighted by Crippen LogP contribution is 2.12. The van der Waals surface area contributed by atoms with Crippen LogP contribution in [0.15, 0.2) is 54.6 Å². The maximum atomic E-state index is 11.9. The number of carbonyl (C=O) groups excluding carboxylic acids is 1. The lowest BCUT2D eigenvalue weighted by Gasteiger charge is -1.97. The molecule has 0 aromatic heterocycles. The van der Waals surface area contributed by atoms with Gasteiger partial charge < -0.3 is 0 Å². The van der Waals surface area contributed by atoms with E-state index in [0.717, 1.165) is 5.56 Å². The predicted molar refractivity (Wildman–Crippen MR) is 76.0 cm³/mol. The summed E-state index contributed by atoms with van der Waals surface area (Å²) in [6.45, 7) is 2.02. The Kier molecular flexibility index (Phi) is 3.96. The number of hydrogen-bond acceptors (Lipinski definition) is 1. The lowest BCUT2D eigenvalue weighted by atomic mass is 10.1. The van der Waals surface area contributed by atoms with Gasteiger partial charge in [0.1, 0.15) is 0 Å². The number of ketones is 1. The summed E-state index contributed by atoms with van der Waals surface area (Å²) in [5.41, 5.74) is 2.80. The lowest BCUT2D eigenvalue weighted by molar-refractivity contribution is 0.104. The van der Waals surface area contributed by atoms with Gasteiger partial charge in [0.25, 0.3) is 0 Å². The first-order valence-corrected chi connectivity index (χ1v) is 6.07. The van der Waals surface area contributed by atoms with Crippen LogP contribution >= 0.6 is 11.6 Å². The van der Waals surface area contributed by atoms with Crippen molar-refractivity contribution in [1.29, 1.82) is 0 Å². The van der Waals surface area contributed by atoms with Crippen LogP contribution < -0.4 is 0 Å². The van der Waals surface area contributed by atoms with Gasteiger partial charge in [0.2, 0.25) is 0 Å². The summed E-state index contributed by atoms with van der Waals surface area (Å²) < 4.78 is 0. The van der Waals surface area contributed by atoms with E-state index >= 15 is 0 Å². The van der Waals surface area contributed by atoms with Crippen LogP contribution in [0.5, 0.6) is 0 Å². The molecular formula is C16H13ClO. The Morgan fingerprint density at radius 2 is 1.89 bits per heavy atom. The van der Waals surface area contributed by atoms with E-state index in [2.05, 4.69) is 0 Å². The molecule has 90 valence electrons. The van der Waals surface area contributed by atoms with Crippen LogP contribution in [0.25, 0.3) is 6.08 Å². The maximum absolute atomic E-state index is 11.9. The van der Waals surface area contributed by atoms with Gasteiger partial charge in [0.05, 0.1) is 0 Å². The molecule has 18 heavy (non-hydrogen) atoms. The van der Waals surface area contributed by atoms with Crippen molar-refractivity contribution in [3.8, 4) is 0 Å². The maximum Gasteiger partial charge on any atom is 0.185 e. The highest BCUT2D eigenvalue weighted by atomic mass is 35.5. The van der Waals surface area contributed by atoms with Gasteiger partial charge in [-0.15, -0.1) is 0 Å². The van der Waals surface area contributed by atoms with Gasteiger partial charge in [-0.1, -0.05) is 59.6 Å². The average Bonchev–Trinajstić information content (AvgIpc) is 2.36. The molecule has 2 aromatic carbocycles. The summed E-state index contributed by atoms with van der Waals surface area (Å²) in [7, 11) is 0. The Balaban J connectivity index is 2.17. The molecule has 0 fully saturated rings. The molecule has 2 heteroatoms. The smallest absolute Gasteiger partial charge is 0.185 e. The second kappa shape index (κ2) is 5.65. The molecule has 0 atom stereocenters. The summed E-state index contributed by atoms with van der Waals surface area (Å²) in [4.78, 5) is 11.9. The molecule has 0 aliphatic heterocycles. The molecule has 0 spiro atoms. The molecule has 0 aliphatic carbocycles. The second-order valence-corrected chi connectivity index (χ2v) is 4.56. The number of benzene rings is 2. The highest BCUT2D eigenvalue weighted by Gasteiger charge is 2.01. The van der Waals surface area contributed by atoms with E-state index in [-0.39, 0.29) is 5.78 Å². The van der Waals surface area contributed by atoms with Gasteiger partial charge in [-0.05, 0) is 30.7 Å². The Morgan fingerprint density at radius 1 is 1.11 bits per heavy atom. The number of hydrogen-bond donors (Lipinski definition) is 0. The molecule has 0 saturated heterocycles. The Bertz CT molecular complexity index is 600. The SMILES string of the molecule is Cc1cccc(/C=C/C(=O)c2cccc(Cl)c2)c1. The lowest BCUT2D eigenvalue weighted by Crippen LogP contribution is -1.93. The Morgan fingerprint density at radius 3 is 2.61 bits per heavy atom. The molecule has 2 aromatic rings. The third kappa shape index (κ3) is 3.31. The highest BCUT2D eigenvalue weighted by molar-refractivity contribution is 6.31. The number of allylic oxidation sites excluding steroid dienone is 1. The van der Waals surface area contributed by atoms with Crippen molar-refractivity contribution in [2.24, 2.45) is 0 Å². The summed E-state index contributed by atoms with van der Waals surface area (Å²) in [5, 5.41) is 0.574. The van der Waals surface area contributed by atoms with E-state index in [0.29, 0.717) is 10.6 Å². The van der Waals surface area contributed by atoms with Gasteiger partial charge in [-0.3, -0.25) is 4.79 Å². The molecule has 0 radical (unpaired) electrons. The first kappa shape index (κ1) is 12.6. The topological polar surface area (TPSA) is 17.1 Å². The predicted octanol–water partition coefficient (Wildman–Crippen LogP) is 4.54. The minimum atomic E-state index is -0.0426. The zero-order valence-electron chi connectivity index (χ0n) is 10.1. The third-order valence-corrected chi connectivity index (χ3v) is 2.81. The fraction of sp³-hybridized carbons (Fsp3) is 0.0625. The van der Waals surface area contributed by atoms with Crippen molar-refractivity contribution in [1.82, 2.24) is 0 Å². The van der Waals surface area contributed by atoms with E-state index in [9.17, 15) is 4.79 Å². The molecule has 0 bridgehead atoms. The van der Waals surface area contributed by atoms with Crippen LogP contribution in [0, 0.1) is 6.92 Å². The molecule has 1 nitrogen and oxygen atoms in total. The van der Waals surface area contributed by atoms with E-state index in [1.165, 1.54) is 5.56 Å². The van der Waals surface area contributed by atoms with Gasteiger partial charge >= 0.3 is 0 Å². The zero-order valence-corrected chi connectivity index (χ0v) is 10.8. The fourth-order valence-electron chi connectivity index (χ4n) is 1.68. The summed E-state index contributed by atoms with van der Waals surface area (Å²) >= 11 is 5.85. The normalized spacial score (nSPS) is 10.8. The van der Waals surface area contributed by atoms with Crippen molar-refractivity contribution < 1.29 is 4.79 Å². The number of aryl methyl sites for hydroxylation is 1. The van der Waals surface area contributed by atoms with Crippen molar-refractivity contribution in [3.05, 3.63) is 76.3 Å². The van der Waals surface area contributed by atoms with Crippen molar-refractivity contribution in [2.45, 2.75) is 6.92 Å². The van der Waals surface area contributed by atoms with Gasteiger partial charge in [0, 0.05) is 10.6 Å². The number of halogens is 1. The number of rotatable bonds is 3. The van der Waals surface area contributed by atoms with E-state index in [1.807, 2.05) is 37.3 Å². The molecule has 0 aliphatic rings. The first-order valence-electron chi connectivity index (χ1n) is 5.70. The fourth-order valence-corrected chi connectivity index (χ4v) is 1.87. The largest absolute Gasteiger partial charge is 0.289 e. The minimum absolute atomic E-state index is 0.0426. The van der Waals surface area contributed by atoms with Gasteiger partial charge in [-0.25, -0.2) is 0 Å². The van der Waals surface area contributed by atoms with Crippen LogP contribution in [0.4, 0.5) is 0 Å². The van der Waals surface area contributed by atoms with Crippen molar-refractivity contribution in [2.75, 3.05) is 0 Å². The van der Waals surface area contributed by atoms with E-state index in [1.54, 1.807) is 30.3 Å². The Labute approximate surface area is 112 Å². The first-order chi connectivity index (χ1) is 8.65. The molecule has 0 N–H and O–H groups in total. The number of carbonyl (C=O) groups is 1. The quantitative estimate of drug-likeness (QED) is 0.582. The second-order valence-electron chi connectivity index (χ2n) is 4.12. The van der Waals surface area contributed by atoms with Crippen molar-refractivity contribution in [3.63, 3.8) is 0 Å². The van der Waals surface area contributed by atoms with Crippen LogP contribution in [0.1, 0.15) is 21.5 Å². The van der Waals surface area contributed by atoms with E-state index < -0.39 is 0 Å². The van der Waals surface area contributed by atoms with E-state index in [4.69, 9.17) is 11.6 Å². The third-order valence-electron chi connectivity index (χ3n) is 2.58. The van der Waals surface area contributed by atoms with Crippen LogP contribution in [-0.2, 0) is 0 Å². The molecule has 0 heterocycles. The molecule has 0 unspecified atom stereocenters. The molecular weight excluding hydrogens is 244 g/mol. The summed E-state index contributed by atoms with van der Waals surface area (Å²) in [5.74, 6) is -0.0426. The minimum Gasteiger partial charge on any atom is -0.289 e. The molecule has 0 amide bonds. The molecule has 2 rings (SSSR count). The van der Waals surface area contributed by atoms with Crippen LogP contribution in [0.2, 0.25) is 5.02 Å². The zero-order chi connectivity index (χ0) is 13.0.